The molecule has 0 amide bonds. The molecule has 0 aromatic rings. The molecule has 2 nitrogen and oxygen atoms in total. The van der Waals surface area contributed by atoms with E-state index in [-0.39, 0.29) is 5.54 Å². The Morgan fingerprint density at radius 2 is 2.21 bits per heavy atom. The minimum atomic E-state index is -0.255. The highest BCUT2D eigenvalue weighted by Crippen LogP contribution is 2.41. The molecule has 14 heavy (non-hydrogen) atoms. The van der Waals surface area contributed by atoms with Crippen molar-refractivity contribution in [1.29, 1.82) is 5.26 Å². The second-order valence-electron chi connectivity index (χ2n) is 4.29. The van der Waals surface area contributed by atoms with Crippen molar-refractivity contribution < 1.29 is 0 Å². The van der Waals surface area contributed by atoms with Gasteiger partial charge in [0.05, 0.1) is 6.07 Å². The molecule has 0 saturated heterocycles. The molecule has 0 radical (unpaired) electrons. The van der Waals surface area contributed by atoms with Gasteiger partial charge in [0.15, 0.2) is 0 Å². The quantitative estimate of drug-likeness (QED) is 0.734. The molecule has 1 saturated carbocycles. The number of hydrogen-bond acceptors (Lipinski definition) is 3. The molecular formula is C11H20N2S. The van der Waals surface area contributed by atoms with Gasteiger partial charge in [-0.15, -0.1) is 0 Å². The average Bonchev–Trinajstić information content (AvgIpc) is 2.95. The predicted octanol–water partition coefficient (Wildman–Crippen LogP) is 2.41. The zero-order chi connectivity index (χ0) is 10.6. The average molecular weight is 212 g/mol. The molecule has 0 aromatic heterocycles. The smallest absolute Gasteiger partial charge is 0.118 e. The molecule has 1 rings (SSSR count). The van der Waals surface area contributed by atoms with Crippen LogP contribution in [-0.2, 0) is 0 Å². The Morgan fingerprint density at radius 3 is 2.57 bits per heavy atom. The molecule has 0 heterocycles. The number of nitriles is 1. The summed E-state index contributed by atoms with van der Waals surface area (Å²) in [5.41, 5.74) is -0.255. The summed E-state index contributed by atoms with van der Waals surface area (Å²) in [6.07, 6.45) is 2.44. The van der Waals surface area contributed by atoms with Crippen molar-refractivity contribution in [1.82, 2.24) is 5.32 Å². The van der Waals surface area contributed by atoms with Gasteiger partial charge in [0, 0.05) is 11.8 Å². The van der Waals surface area contributed by atoms with Crippen LogP contribution in [0.15, 0.2) is 0 Å². The van der Waals surface area contributed by atoms with Crippen molar-refractivity contribution in [3.8, 4) is 6.07 Å². The maximum Gasteiger partial charge on any atom is 0.118 e. The van der Waals surface area contributed by atoms with E-state index in [1.807, 2.05) is 11.8 Å². The topological polar surface area (TPSA) is 35.8 Å². The maximum atomic E-state index is 9.34. The van der Waals surface area contributed by atoms with Gasteiger partial charge in [0.2, 0.25) is 0 Å². The van der Waals surface area contributed by atoms with E-state index in [0.717, 1.165) is 11.5 Å². The molecule has 3 heteroatoms. The summed E-state index contributed by atoms with van der Waals surface area (Å²) in [4.78, 5) is 0. The summed E-state index contributed by atoms with van der Waals surface area (Å²) >= 11 is 1.86. The summed E-state index contributed by atoms with van der Waals surface area (Å²) < 4.78 is 0. The second-order valence-corrected chi connectivity index (χ2v) is 5.57. The third kappa shape index (κ3) is 2.90. The third-order valence-electron chi connectivity index (χ3n) is 2.55. The van der Waals surface area contributed by atoms with Crippen LogP contribution in [-0.4, -0.2) is 23.1 Å². The monoisotopic (exact) mass is 212 g/mol. The maximum absolute atomic E-state index is 9.34. The Labute approximate surface area is 91.4 Å². The standard InChI is InChI=1S/C11H20N2S/c1-4-14-8-11(7-12,10-5-6-10)13-9(2)3/h9-10,13H,4-6,8H2,1-3H3. The molecule has 1 aliphatic rings. The van der Waals surface area contributed by atoms with Crippen molar-refractivity contribution in [3.05, 3.63) is 0 Å². The van der Waals surface area contributed by atoms with E-state index < -0.39 is 0 Å². The van der Waals surface area contributed by atoms with Crippen LogP contribution >= 0.6 is 11.8 Å². The van der Waals surface area contributed by atoms with E-state index in [1.165, 1.54) is 12.8 Å². The van der Waals surface area contributed by atoms with Crippen LogP contribution < -0.4 is 5.32 Å². The zero-order valence-corrected chi connectivity index (χ0v) is 10.2. The number of hydrogen-bond donors (Lipinski definition) is 1. The molecule has 0 spiro atoms. The highest BCUT2D eigenvalue weighted by molar-refractivity contribution is 7.99. The van der Waals surface area contributed by atoms with Gasteiger partial charge in [-0.05, 0) is 38.4 Å². The second kappa shape index (κ2) is 5.04. The van der Waals surface area contributed by atoms with Gasteiger partial charge in [-0.25, -0.2) is 0 Å². The van der Waals surface area contributed by atoms with Crippen molar-refractivity contribution >= 4 is 11.8 Å². The molecule has 0 bridgehead atoms. The minimum absolute atomic E-state index is 0.255. The van der Waals surface area contributed by atoms with Crippen LogP contribution in [0.4, 0.5) is 0 Å². The number of nitrogens with one attached hydrogen (secondary N) is 1. The van der Waals surface area contributed by atoms with Crippen molar-refractivity contribution in [2.24, 2.45) is 5.92 Å². The van der Waals surface area contributed by atoms with E-state index in [4.69, 9.17) is 0 Å². The van der Waals surface area contributed by atoms with Crippen LogP contribution in [0.25, 0.3) is 0 Å². The SMILES string of the molecule is CCSCC(C#N)(NC(C)C)C1CC1. The normalized spacial score (nSPS) is 20.5. The number of nitrogens with zero attached hydrogens (tertiary/aromatic N) is 1. The van der Waals surface area contributed by atoms with Crippen LogP contribution in [0.1, 0.15) is 33.6 Å². The van der Waals surface area contributed by atoms with Crippen LogP contribution in [0.5, 0.6) is 0 Å². The Bertz CT molecular complexity index is 218. The predicted molar refractivity (Wildman–Crippen MR) is 62.3 cm³/mol. The van der Waals surface area contributed by atoms with Gasteiger partial charge in [-0.3, -0.25) is 5.32 Å². The van der Waals surface area contributed by atoms with E-state index >= 15 is 0 Å². The van der Waals surface area contributed by atoms with Gasteiger partial charge in [-0.2, -0.15) is 17.0 Å². The first-order valence-electron chi connectivity index (χ1n) is 5.41. The fourth-order valence-electron chi connectivity index (χ4n) is 1.79. The zero-order valence-electron chi connectivity index (χ0n) is 9.34. The molecule has 80 valence electrons. The fourth-order valence-corrected chi connectivity index (χ4v) is 2.70. The first-order chi connectivity index (χ1) is 6.64. The molecular weight excluding hydrogens is 192 g/mol. The number of rotatable bonds is 6. The summed E-state index contributed by atoms with van der Waals surface area (Å²) in [6, 6.07) is 2.91. The first-order valence-corrected chi connectivity index (χ1v) is 6.56. The van der Waals surface area contributed by atoms with E-state index in [0.29, 0.717) is 12.0 Å². The summed E-state index contributed by atoms with van der Waals surface area (Å²) in [5, 5.41) is 12.8. The summed E-state index contributed by atoms with van der Waals surface area (Å²) in [7, 11) is 0. The minimum Gasteiger partial charge on any atom is -0.296 e. The van der Waals surface area contributed by atoms with Gasteiger partial charge in [-0.1, -0.05) is 6.92 Å². The Kier molecular flexibility index (Phi) is 4.28. The highest BCUT2D eigenvalue weighted by Gasteiger charge is 2.45. The van der Waals surface area contributed by atoms with E-state index in [2.05, 4.69) is 32.2 Å². The summed E-state index contributed by atoms with van der Waals surface area (Å²) in [6.45, 7) is 6.38. The largest absolute Gasteiger partial charge is 0.296 e. The van der Waals surface area contributed by atoms with Crippen LogP contribution in [0.3, 0.4) is 0 Å². The van der Waals surface area contributed by atoms with Crippen LogP contribution in [0, 0.1) is 17.2 Å². The van der Waals surface area contributed by atoms with Gasteiger partial charge in [0.25, 0.3) is 0 Å². The van der Waals surface area contributed by atoms with E-state index in [1.54, 1.807) is 0 Å². The van der Waals surface area contributed by atoms with Crippen molar-refractivity contribution in [2.45, 2.75) is 45.2 Å². The molecule has 1 fully saturated rings. The van der Waals surface area contributed by atoms with Gasteiger partial charge >= 0.3 is 0 Å². The molecule has 1 N–H and O–H groups in total. The lowest BCUT2D eigenvalue weighted by atomic mass is 9.96. The van der Waals surface area contributed by atoms with Gasteiger partial charge < -0.3 is 0 Å². The highest BCUT2D eigenvalue weighted by atomic mass is 32.2. The van der Waals surface area contributed by atoms with Crippen LogP contribution in [0.2, 0.25) is 0 Å². The number of thioether (sulfide) groups is 1. The van der Waals surface area contributed by atoms with Crippen molar-refractivity contribution in [2.75, 3.05) is 11.5 Å². The fraction of sp³-hybridized carbons (Fsp3) is 0.909. The Hall–Kier alpha value is -0.200. The van der Waals surface area contributed by atoms with E-state index in [9.17, 15) is 5.26 Å². The lowest BCUT2D eigenvalue weighted by Gasteiger charge is -2.29. The Balaban J connectivity index is 2.60. The van der Waals surface area contributed by atoms with Crippen molar-refractivity contribution in [3.63, 3.8) is 0 Å². The summed E-state index contributed by atoms with van der Waals surface area (Å²) in [5.74, 6) is 2.62. The lowest BCUT2D eigenvalue weighted by Crippen LogP contribution is -2.51. The molecule has 0 aliphatic heterocycles. The lowest BCUT2D eigenvalue weighted by molar-refractivity contribution is 0.370. The molecule has 1 aliphatic carbocycles. The molecule has 0 aromatic carbocycles. The molecule has 1 unspecified atom stereocenters. The Morgan fingerprint density at radius 1 is 1.57 bits per heavy atom. The molecule has 1 atom stereocenters. The van der Waals surface area contributed by atoms with Gasteiger partial charge in [0.1, 0.15) is 5.54 Å². The first kappa shape index (κ1) is 11.9. The third-order valence-corrected chi connectivity index (χ3v) is 3.62.